The minimum atomic E-state index is -0.789. The van der Waals surface area contributed by atoms with Crippen LogP contribution in [0.5, 0.6) is 0 Å². The average molecular weight is 366 g/mol. The smallest absolute Gasteiger partial charge is 0.317 e. The van der Waals surface area contributed by atoms with Crippen LogP contribution >= 0.6 is 15.9 Å². The lowest BCUT2D eigenvalue weighted by Gasteiger charge is -2.26. The fourth-order valence-electron chi connectivity index (χ4n) is 2.99. The second-order valence-electron chi connectivity index (χ2n) is 5.63. The Hall–Kier alpha value is -1.58. The van der Waals surface area contributed by atoms with Gasteiger partial charge >= 0.3 is 5.97 Å². The number of nitriles is 1. The average Bonchev–Trinajstić information content (AvgIpc) is 2.72. The molecule has 2 rings (SSSR count). The molecule has 6 heteroatoms. The lowest BCUT2D eigenvalue weighted by atomic mass is 10.1. The van der Waals surface area contributed by atoms with Crippen molar-refractivity contribution in [2.24, 2.45) is 0 Å². The van der Waals surface area contributed by atoms with Gasteiger partial charge in [-0.15, -0.1) is 0 Å². The van der Waals surface area contributed by atoms with Crippen molar-refractivity contribution in [1.29, 1.82) is 5.26 Å². The van der Waals surface area contributed by atoms with E-state index in [0.29, 0.717) is 5.56 Å². The van der Waals surface area contributed by atoms with Gasteiger partial charge in [0.05, 0.1) is 17.8 Å². The molecule has 1 fully saturated rings. The molecule has 1 aliphatic heterocycles. The van der Waals surface area contributed by atoms with E-state index in [-0.39, 0.29) is 12.6 Å². The van der Waals surface area contributed by atoms with Crippen molar-refractivity contribution in [1.82, 2.24) is 4.90 Å². The molecular weight excluding hydrogens is 346 g/mol. The van der Waals surface area contributed by atoms with Crippen LogP contribution in [0.3, 0.4) is 0 Å². The Morgan fingerprint density at radius 2 is 2.27 bits per heavy atom. The zero-order valence-corrected chi connectivity index (χ0v) is 14.2. The van der Waals surface area contributed by atoms with Crippen LogP contribution in [0, 0.1) is 11.3 Å². The molecule has 1 aliphatic rings. The summed E-state index contributed by atoms with van der Waals surface area (Å²) in [6, 6.07) is 8.34. The zero-order chi connectivity index (χ0) is 16.1. The van der Waals surface area contributed by atoms with Gasteiger partial charge in [-0.1, -0.05) is 6.07 Å². The van der Waals surface area contributed by atoms with Gasteiger partial charge in [0, 0.05) is 23.6 Å². The first kappa shape index (κ1) is 16.8. The van der Waals surface area contributed by atoms with Crippen molar-refractivity contribution in [3.05, 3.63) is 28.2 Å². The van der Waals surface area contributed by atoms with E-state index in [2.05, 4.69) is 26.9 Å². The van der Waals surface area contributed by atoms with Crippen molar-refractivity contribution >= 4 is 27.6 Å². The van der Waals surface area contributed by atoms with Gasteiger partial charge in [-0.3, -0.25) is 9.69 Å². The SMILES string of the molecule is CN(CC(=O)O)C1CCCN(c2cccc(Br)c2C#N)CC1. The summed E-state index contributed by atoms with van der Waals surface area (Å²) in [5.41, 5.74) is 1.62. The molecule has 118 valence electrons. The highest BCUT2D eigenvalue weighted by Crippen LogP contribution is 2.29. The van der Waals surface area contributed by atoms with Gasteiger partial charge in [0.25, 0.3) is 0 Å². The van der Waals surface area contributed by atoms with Gasteiger partial charge in [0.1, 0.15) is 6.07 Å². The summed E-state index contributed by atoms with van der Waals surface area (Å²) in [5, 5.41) is 18.3. The minimum Gasteiger partial charge on any atom is -0.480 e. The summed E-state index contributed by atoms with van der Waals surface area (Å²) < 4.78 is 0.816. The second-order valence-corrected chi connectivity index (χ2v) is 6.48. The number of nitrogens with zero attached hydrogens (tertiary/aromatic N) is 3. The van der Waals surface area contributed by atoms with Crippen LogP contribution in [0.15, 0.2) is 22.7 Å². The molecule has 1 aromatic carbocycles. The fraction of sp³-hybridized carbons (Fsp3) is 0.500. The van der Waals surface area contributed by atoms with Gasteiger partial charge in [0.15, 0.2) is 0 Å². The van der Waals surface area contributed by atoms with Gasteiger partial charge in [-0.25, -0.2) is 0 Å². The summed E-state index contributed by atoms with van der Waals surface area (Å²) in [5.74, 6) is -0.789. The largest absolute Gasteiger partial charge is 0.480 e. The Morgan fingerprint density at radius 3 is 2.95 bits per heavy atom. The molecule has 1 unspecified atom stereocenters. The quantitative estimate of drug-likeness (QED) is 0.888. The Bertz CT molecular complexity index is 585. The van der Waals surface area contributed by atoms with E-state index in [0.717, 1.165) is 42.5 Å². The number of carboxylic acid groups (broad SMARTS) is 1. The number of carboxylic acids is 1. The molecule has 22 heavy (non-hydrogen) atoms. The first-order valence-electron chi connectivity index (χ1n) is 7.38. The number of benzene rings is 1. The lowest BCUT2D eigenvalue weighted by molar-refractivity contribution is -0.138. The van der Waals surface area contributed by atoms with Crippen LogP contribution in [0.1, 0.15) is 24.8 Å². The monoisotopic (exact) mass is 365 g/mol. The van der Waals surface area contributed by atoms with Crippen molar-refractivity contribution in [3.8, 4) is 6.07 Å². The second kappa shape index (κ2) is 7.61. The molecule has 0 amide bonds. The summed E-state index contributed by atoms with van der Waals surface area (Å²) in [4.78, 5) is 15.0. The molecule has 1 atom stereocenters. The minimum absolute atomic E-state index is 0.0744. The van der Waals surface area contributed by atoms with E-state index in [9.17, 15) is 10.1 Å². The molecule has 1 saturated heterocycles. The third-order valence-corrected chi connectivity index (χ3v) is 4.81. The summed E-state index contributed by atoms with van der Waals surface area (Å²) in [7, 11) is 1.87. The van der Waals surface area contributed by atoms with Gasteiger partial charge in [-0.05, 0) is 54.4 Å². The topological polar surface area (TPSA) is 67.6 Å². The van der Waals surface area contributed by atoms with Crippen LogP contribution < -0.4 is 4.90 Å². The summed E-state index contributed by atoms with van der Waals surface area (Å²) >= 11 is 3.43. The molecule has 1 aromatic rings. The van der Waals surface area contributed by atoms with E-state index in [4.69, 9.17) is 5.11 Å². The molecule has 0 saturated carbocycles. The highest BCUT2D eigenvalue weighted by atomic mass is 79.9. The maximum Gasteiger partial charge on any atom is 0.317 e. The number of carbonyl (C=O) groups is 1. The molecule has 1 heterocycles. The third kappa shape index (κ3) is 3.99. The van der Waals surface area contributed by atoms with E-state index in [1.54, 1.807) is 0 Å². The van der Waals surface area contributed by atoms with Crippen LogP contribution in [-0.2, 0) is 4.79 Å². The number of likely N-dealkylation sites (N-methyl/N-ethyl adjacent to an activating group) is 1. The van der Waals surface area contributed by atoms with Gasteiger partial charge < -0.3 is 10.0 Å². The van der Waals surface area contributed by atoms with E-state index in [1.807, 2.05) is 30.1 Å². The standard InChI is InChI=1S/C16H20BrN3O2/c1-19(11-16(21)22)12-4-3-8-20(9-7-12)15-6-2-5-14(17)13(15)10-18/h2,5-6,12H,3-4,7-9,11H2,1H3,(H,21,22). The highest BCUT2D eigenvalue weighted by molar-refractivity contribution is 9.10. The van der Waals surface area contributed by atoms with Gasteiger partial charge in [0.2, 0.25) is 0 Å². The summed E-state index contributed by atoms with van der Waals surface area (Å²) in [6.45, 7) is 1.80. The Balaban J connectivity index is 2.09. The van der Waals surface area contributed by atoms with E-state index in [1.165, 1.54) is 0 Å². The first-order chi connectivity index (χ1) is 10.5. The Morgan fingerprint density at radius 1 is 1.50 bits per heavy atom. The Kier molecular flexibility index (Phi) is 5.81. The number of anilines is 1. The molecule has 0 spiro atoms. The summed E-state index contributed by atoms with van der Waals surface area (Å²) in [6.07, 6.45) is 2.88. The molecule has 0 radical (unpaired) electrons. The molecule has 1 N–H and O–H groups in total. The number of halogens is 1. The maximum absolute atomic E-state index is 10.9. The number of hydrogen-bond donors (Lipinski definition) is 1. The number of hydrogen-bond acceptors (Lipinski definition) is 4. The van der Waals surface area contributed by atoms with Crippen LogP contribution in [0.2, 0.25) is 0 Å². The van der Waals surface area contributed by atoms with Crippen molar-refractivity contribution in [2.75, 3.05) is 31.6 Å². The third-order valence-electron chi connectivity index (χ3n) is 4.15. The number of aliphatic carboxylic acids is 1. The van der Waals surface area contributed by atoms with Crippen LogP contribution in [0.25, 0.3) is 0 Å². The first-order valence-corrected chi connectivity index (χ1v) is 8.18. The molecule has 0 aliphatic carbocycles. The van der Waals surface area contributed by atoms with E-state index >= 15 is 0 Å². The zero-order valence-electron chi connectivity index (χ0n) is 12.6. The molecule has 0 bridgehead atoms. The van der Waals surface area contributed by atoms with Crippen molar-refractivity contribution < 1.29 is 9.90 Å². The van der Waals surface area contributed by atoms with Crippen LogP contribution in [-0.4, -0.2) is 48.7 Å². The predicted molar refractivity (Wildman–Crippen MR) is 89.0 cm³/mol. The normalized spacial score (nSPS) is 18.8. The fourth-order valence-corrected chi connectivity index (χ4v) is 3.43. The Labute approximate surface area is 139 Å². The van der Waals surface area contributed by atoms with Crippen LogP contribution in [0.4, 0.5) is 5.69 Å². The molecule has 0 aromatic heterocycles. The van der Waals surface area contributed by atoms with E-state index < -0.39 is 5.97 Å². The van der Waals surface area contributed by atoms with Gasteiger partial charge in [-0.2, -0.15) is 5.26 Å². The predicted octanol–water partition coefficient (Wildman–Crippen LogP) is 2.70. The highest BCUT2D eigenvalue weighted by Gasteiger charge is 2.23. The number of rotatable bonds is 4. The molecule has 5 nitrogen and oxygen atoms in total. The van der Waals surface area contributed by atoms with Crippen molar-refractivity contribution in [2.45, 2.75) is 25.3 Å². The van der Waals surface area contributed by atoms with Crippen molar-refractivity contribution in [3.63, 3.8) is 0 Å². The lowest BCUT2D eigenvalue weighted by Crippen LogP contribution is -2.36. The molecular formula is C16H20BrN3O2. The maximum atomic E-state index is 10.9.